The van der Waals surface area contributed by atoms with Crippen molar-refractivity contribution in [3.63, 3.8) is 0 Å². The van der Waals surface area contributed by atoms with Crippen LogP contribution in [0.1, 0.15) is 28.6 Å². The molecule has 1 heterocycles. The Balaban J connectivity index is 2.04. The Morgan fingerprint density at radius 1 is 1.40 bits per heavy atom. The van der Waals surface area contributed by atoms with Gasteiger partial charge in [-0.05, 0) is 32.0 Å². The number of hydrogen-bond acceptors (Lipinski definition) is 4. The summed E-state index contributed by atoms with van der Waals surface area (Å²) in [7, 11) is 0. The molecule has 20 heavy (non-hydrogen) atoms. The second-order valence-corrected chi connectivity index (χ2v) is 4.06. The summed E-state index contributed by atoms with van der Waals surface area (Å²) in [6.07, 6.45) is 3.02. The molecule has 0 spiro atoms. The van der Waals surface area contributed by atoms with Crippen molar-refractivity contribution in [1.82, 2.24) is 5.43 Å². The van der Waals surface area contributed by atoms with Crippen molar-refractivity contribution < 1.29 is 13.9 Å². The van der Waals surface area contributed by atoms with Crippen LogP contribution in [0.3, 0.4) is 0 Å². The van der Waals surface area contributed by atoms with Gasteiger partial charge < -0.3 is 9.15 Å². The van der Waals surface area contributed by atoms with E-state index in [0.29, 0.717) is 17.9 Å². The van der Waals surface area contributed by atoms with E-state index in [2.05, 4.69) is 10.5 Å². The molecule has 0 radical (unpaired) electrons. The lowest BCUT2D eigenvalue weighted by Crippen LogP contribution is -2.17. The topological polar surface area (TPSA) is 63.8 Å². The number of carbonyl (C=O) groups is 1. The fourth-order valence-corrected chi connectivity index (χ4v) is 1.72. The third-order valence-corrected chi connectivity index (χ3v) is 2.69. The van der Waals surface area contributed by atoms with Gasteiger partial charge in [-0.1, -0.05) is 12.1 Å². The molecule has 0 fully saturated rings. The number of nitrogens with one attached hydrogen (secondary N) is 1. The lowest BCUT2D eigenvalue weighted by molar-refractivity contribution is 0.0953. The lowest BCUT2D eigenvalue weighted by atomic mass is 10.2. The van der Waals surface area contributed by atoms with Crippen LogP contribution in [0.5, 0.6) is 5.75 Å². The molecule has 5 heteroatoms. The molecule has 0 atom stereocenters. The number of nitrogens with zero attached hydrogens (tertiary/aromatic N) is 1. The second kappa shape index (κ2) is 6.56. The van der Waals surface area contributed by atoms with Gasteiger partial charge in [-0.2, -0.15) is 5.10 Å². The third kappa shape index (κ3) is 3.26. The first-order valence-corrected chi connectivity index (χ1v) is 6.31. The Morgan fingerprint density at radius 3 is 2.90 bits per heavy atom. The summed E-state index contributed by atoms with van der Waals surface area (Å²) in [6, 6.07) is 9.09. The highest BCUT2D eigenvalue weighted by Crippen LogP contribution is 2.15. The van der Waals surface area contributed by atoms with E-state index in [9.17, 15) is 4.79 Å². The molecule has 0 aliphatic rings. The summed E-state index contributed by atoms with van der Waals surface area (Å²) < 4.78 is 10.5. The number of carbonyl (C=O) groups excluding carboxylic acids is 1. The first-order chi connectivity index (χ1) is 9.72. The van der Waals surface area contributed by atoms with E-state index in [1.165, 1.54) is 6.26 Å². The lowest BCUT2D eigenvalue weighted by Gasteiger charge is -2.05. The number of aryl methyl sites for hydroxylation is 1. The van der Waals surface area contributed by atoms with Crippen LogP contribution in [0.4, 0.5) is 0 Å². The molecule has 0 saturated heterocycles. The zero-order chi connectivity index (χ0) is 14.4. The van der Waals surface area contributed by atoms with E-state index in [1.807, 2.05) is 31.2 Å². The summed E-state index contributed by atoms with van der Waals surface area (Å²) in [6.45, 7) is 4.21. The Labute approximate surface area is 117 Å². The van der Waals surface area contributed by atoms with Gasteiger partial charge in [-0.15, -0.1) is 0 Å². The Hall–Kier alpha value is -2.56. The molecule has 1 aromatic heterocycles. The van der Waals surface area contributed by atoms with Gasteiger partial charge in [0.15, 0.2) is 0 Å². The number of hydrogen-bond donors (Lipinski definition) is 1. The summed E-state index contributed by atoms with van der Waals surface area (Å²) in [4.78, 5) is 11.8. The standard InChI is InChI=1S/C15H16N2O3/c1-3-19-14-7-5-4-6-12(14)10-16-17-15(18)13-8-9-20-11(13)2/h4-10H,3H2,1-2H3,(H,17,18). The molecule has 0 unspecified atom stereocenters. The molecular formula is C15H16N2O3. The zero-order valence-corrected chi connectivity index (χ0v) is 11.4. The SMILES string of the molecule is CCOc1ccccc1C=NNC(=O)c1ccoc1C. The molecule has 1 aromatic carbocycles. The Morgan fingerprint density at radius 2 is 2.20 bits per heavy atom. The van der Waals surface area contributed by atoms with Crippen molar-refractivity contribution in [1.29, 1.82) is 0 Å². The van der Waals surface area contributed by atoms with Crippen molar-refractivity contribution in [2.24, 2.45) is 5.10 Å². The van der Waals surface area contributed by atoms with E-state index in [1.54, 1.807) is 19.2 Å². The monoisotopic (exact) mass is 272 g/mol. The van der Waals surface area contributed by atoms with Crippen molar-refractivity contribution in [3.05, 3.63) is 53.5 Å². The highest BCUT2D eigenvalue weighted by atomic mass is 16.5. The van der Waals surface area contributed by atoms with Gasteiger partial charge in [0.2, 0.25) is 0 Å². The average molecular weight is 272 g/mol. The van der Waals surface area contributed by atoms with Crippen molar-refractivity contribution >= 4 is 12.1 Å². The quantitative estimate of drug-likeness (QED) is 0.672. The van der Waals surface area contributed by atoms with Crippen molar-refractivity contribution in [2.45, 2.75) is 13.8 Å². The maximum Gasteiger partial charge on any atom is 0.274 e. The molecule has 1 amide bonds. The van der Waals surface area contributed by atoms with Gasteiger partial charge in [-0.3, -0.25) is 4.79 Å². The van der Waals surface area contributed by atoms with Crippen molar-refractivity contribution in [3.8, 4) is 5.75 Å². The van der Waals surface area contributed by atoms with Crippen LogP contribution in [0.15, 0.2) is 46.1 Å². The van der Waals surface area contributed by atoms with Gasteiger partial charge in [0.25, 0.3) is 5.91 Å². The summed E-state index contributed by atoms with van der Waals surface area (Å²) in [5.74, 6) is 0.987. The number of rotatable bonds is 5. The van der Waals surface area contributed by atoms with Gasteiger partial charge in [-0.25, -0.2) is 5.43 Å². The molecule has 0 bridgehead atoms. The number of furan rings is 1. The molecule has 104 valence electrons. The van der Waals surface area contributed by atoms with Gasteiger partial charge in [0, 0.05) is 5.56 Å². The van der Waals surface area contributed by atoms with E-state index in [4.69, 9.17) is 9.15 Å². The predicted molar refractivity (Wildman–Crippen MR) is 76.1 cm³/mol. The minimum Gasteiger partial charge on any atom is -0.493 e. The first kappa shape index (κ1) is 13.9. The van der Waals surface area contributed by atoms with Gasteiger partial charge >= 0.3 is 0 Å². The Kier molecular flexibility index (Phi) is 4.55. The maximum absolute atomic E-state index is 11.8. The fourth-order valence-electron chi connectivity index (χ4n) is 1.72. The molecule has 2 rings (SSSR count). The maximum atomic E-state index is 11.8. The molecular weight excluding hydrogens is 256 g/mol. The summed E-state index contributed by atoms with van der Waals surface area (Å²) in [5.41, 5.74) is 3.74. The summed E-state index contributed by atoms with van der Waals surface area (Å²) >= 11 is 0. The van der Waals surface area contributed by atoms with Crippen LogP contribution in [-0.2, 0) is 0 Å². The molecule has 0 aliphatic heterocycles. The van der Waals surface area contributed by atoms with E-state index in [-0.39, 0.29) is 5.91 Å². The molecule has 5 nitrogen and oxygen atoms in total. The number of hydrazone groups is 1. The normalized spacial score (nSPS) is 10.7. The first-order valence-electron chi connectivity index (χ1n) is 6.31. The van der Waals surface area contributed by atoms with E-state index < -0.39 is 0 Å². The van der Waals surface area contributed by atoms with E-state index in [0.717, 1.165) is 11.3 Å². The molecule has 0 aliphatic carbocycles. The average Bonchev–Trinajstić information content (AvgIpc) is 2.87. The number of para-hydroxylation sites is 1. The second-order valence-electron chi connectivity index (χ2n) is 4.06. The van der Waals surface area contributed by atoms with Crippen molar-refractivity contribution in [2.75, 3.05) is 6.61 Å². The third-order valence-electron chi connectivity index (χ3n) is 2.69. The van der Waals surface area contributed by atoms with Crippen LogP contribution in [0.25, 0.3) is 0 Å². The van der Waals surface area contributed by atoms with Gasteiger partial charge in [0.05, 0.1) is 24.6 Å². The van der Waals surface area contributed by atoms with E-state index >= 15 is 0 Å². The molecule has 1 N–H and O–H groups in total. The fraction of sp³-hybridized carbons (Fsp3) is 0.200. The minimum atomic E-state index is -0.304. The number of ether oxygens (including phenoxy) is 1. The van der Waals surface area contributed by atoms with Crippen LogP contribution in [-0.4, -0.2) is 18.7 Å². The largest absolute Gasteiger partial charge is 0.493 e. The highest BCUT2D eigenvalue weighted by Gasteiger charge is 2.09. The zero-order valence-electron chi connectivity index (χ0n) is 11.4. The van der Waals surface area contributed by atoms with Crippen LogP contribution < -0.4 is 10.2 Å². The highest BCUT2D eigenvalue weighted by molar-refractivity contribution is 5.95. The van der Waals surface area contributed by atoms with Crippen LogP contribution in [0, 0.1) is 6.92 Å². The number of benzene rings is 1. The predicted octanol–water partition coefficient (Wildman–Crippen LogP) is 2.75. The smallest absolute Gasteiger partial charge is 0.274 e. The van der Waals surface area contributed by atoms with Crippen LogP contribution in [0.2, 0.25) is 0 Å². The summed E-state index contributed by atoms with van der Waals surface area (Å²) in [5, 5.41) is 3.94. The minimum absolute atomic E-state index is 0.304. The number of amides is 1. The molecule has 2 aromatic rings. The van der Waals surface area contributed by atoms with Gasteiger partial charge in [0.1, 0.15) is 11.5 Å². The molecule has 0 saturated carbocycles. The Bertz CT molecular complexity index is 617. The van der Waals surface area contributed by atoms with Crippen LogP contribution >= 0.6 is 0 Å².